The molecule has 0 aromatic heterocycles. The molecule has 106 valence electrons. The third kappa shape index (κ3) is 4.29. The minimum Gasteiger partial charge on any atom is -0.327 e. The molecule has 1 aliphatic rings. The summed E-state index contributed by atoms with van der Waals surface area (Å²) in [6.07, 6.45) is 7.28. The lowest BCUT2D eigenvalue weighted by Gasteiger charge is -2.33. The highest BCUT2D eigenvalue weighted by atomic mass is 16.2. The van der Waals surface area contributed by atoms with Gasteiger partial charge in [0, 0.05) is 25.7 Å². The van der Waals surface area contributed by atoms with Crippen LogP contribution in [-0.2, 0) is 6.54 Å². The molecule has 4 nitrogen and oxygen atoms in total. The molecule has 0 bridgehead atoms. The van der Waals surface area contributed by atoms with E-state index in [1.807, 2.05) is 23.1 Å². The second-order valence-electron chi connectivity index (χ2n) is 5.01. The van der Waals surface area contributed by atoms with Gasteiger partial charge in [-0.2, -0.15) is 0 Å². The van der Waals surface area contributed by atoms with E-state index in [0.717, 1.165) is 32.5 Å². The number of amides is 2. The van der Waals surface area contributed by atoms with Crippen LogP contribution in [0.1, 0.15) is 18.4 Å². The van der Waals surface area contributed by atoms with Crippen molar-refractivity contribution in [3.8, 4) is 12.3 Å². The third-order valence-corrected chi connectivity index (χ3v) is 3.49. The normalized spacial score (nSPS) is 18.4. The molecule has 0 aliphatic carbocycles. The monoisotopic (exact) mass is 271 g/mol. The molecular formula is C16H21N3O. The summed E-state index contributed by atoms with van der Waals surface area (Å²) in [5.41, 5.74) is 1.27. The molecule has 1 aromatic carbocycles. The topological polar surface area (TPSA) is 44.4 Å². The summed E-state index contributed by atoms with van der Waals surface area (Å²) in [5.74, 6) is 2.42. The van der Waals surface area contributed by atoms with E-state index in [1.165, 1.54) is 5.56 Å². The zero-order valence-corrected chi connectivity index (χ0v) is 11.6. The maximum Gasteiger partial charge on any atom is 0.318 e. The van der Waals surface area contributed by atoms with Crippen LogP contribution in [0, 0.1) is 12.3 Å². The molecule has 1 aliphatic heterocycles. The number of likely N-dealkylation sites (tertiary alicyclic amines) is 1. The Labute approximate surface area is 120 Å². The van der Waals surface area contributed by atoms with E-state index in [-0.39, 0.29) is 12.6 Å². The average Bonchev–Trinajstić information content (AvgIpc) is 2.52. The maximum atomic E-state index is 11.9. The second-order valence-corrected chi connectivity index (χ2v) is 5.01. The van der Waals surface area contributed by atoms with E-state index in [2.05, 4.69) is 28.7 Å². The van der Waals surface area contributed by atoms with Gasteiger partial charge in [0.2, 0.25) is 0 Å². The lowest BCUT2D eigenvalue weighted by molar-refractivity contribution is 0.174. The van der Waals surface area contributed by atoms with Crippen LogP contribution in [0.5, 0.6) is 0 Å². The quantitative estimate of drug-likeness (QED) is 0.817. The molecule has 20 heavy (non-hydrogen) atoms. The second kappa shape index (κ2) is 7.56. The summed E-state index contributed by atoms with van der Waals surface area (Å²) in [6.45, 7) is 2.67. The number of rotatable bonds is 4. The smallest absolute Gasteiger partial charge is 0.318 e. The van der Waals surface area contributed by atoms with Gasteiger partial charge in [0.25, 0.3) is 0 Å². The molecule has 1 aromatic rings. The highest BCUT2D eigenvalue weighted by molar-refractivity contribution is 5.74. The van der Waals surface area contributed by atoms with Crippen LogP contribution in [0.4, 0.5) is 4.79 Å². The predicted molar refractivity (Wildman–Crippen MR) is 80.1 cm³/mol. The van der Waals surface area contributed by atoms with Crippen LogP contribution < -0.4 is 10.6 Å². The minimum atomic E-state index is -0.0610. The van der Waals surface area contributed by atoms with Gasteiger partial charge >= 0.3 is 6.03 Å². The lowest BCUT2D eigenvalue weighted by Crippen LogP contribution is -2.51. The van der Waals surface area contributed by atoms with Gasteiger partial charge < -0.3 is 15.5 Å². The zero-order chi connectivity index (χ0) is 14.2. The SMILES string of the molecule is C#CCNC(=O)N1CCC[C@H](NCc2ccccc2)C1. The summed E-state index contributed by atoms with van der Waals surface area (Å²) in [6, 6.07) is 10.6. The summed E-state index contributed by atoms with van der Waals surface area (Å²) in [4.78, 5) is 13.7. The number of benzene rings is 1. The van der Waals surface area contributed by atoms with E-state index in [1.54, 1.807) is 0 Å². The summed E-state index contributed by atoms with van der Waals surface area (Å²) in [7, 11) is 0. The Bertz CT molecular complexity index is 466. The Morgan fingerprint density at radius 1 is 1.40 bits per heavy atom. The van der Waals surface area contributed by atoms with Gasteiger partial charge in [-0.15, -0.1) is 6.42 Å². The molecular weight excluding hydrogens is 250 g/mol. The van der Waals surface area contributed by atoms with Crippen LogP contribution >= 0.6 is 0 Å². The van der Waals surface area contributed by atoms with Crippen molar-refractivity contribution in [2.75, 3.05) is 19.6 Å². The Morgan fingerprint density at radius 3 is 2.95 bits per heavy atom. The first-order valence-electron chi connectivity index (χ1n) is 7.03. The first kappa shape index (κ1) is 14.4. The Hall–Kier alpha value is -1.99. The molecule has 4 heteroatoms. The van der Waals surface area contributed by atoms with E-state index < -0.39 is 0 Å². The molecule has 2 amide bonds. The molecule has 0 radical (unpaired) electrons. The van der Waals surface area contributed by atoms with E-state index in [0.29, 0.717) is 6.04 Å². The van der Waals surface area contributed by atoms with Crippen LogP contribution in [0.15, 0.2) is 30.3 Å². The third-order valence-electron chi connectivity index (χ3n) is 3.49. The number of carbonyl (C=O) groups is 1. The number of hydrogen-bond donors (Lipinski definition) is 2. The number of carbonyl (C=O) groups excluding carboxylic acids is 1. The molecule has 2 N–H and O–H groups in total. The van der Waals surface area contributed by atoms with Gasteiger partial charge in [-0.05, 0) is 18.4 Å². The molecule has 1 heterocycles. The zero-order valence-electron chi connectivity index (χ0n) is 11.6. The molecule has 0 spiro atoms. The molecule has 1 saturated heterocycles. The average molecular weight is 271 g/mol. The van der Waals surface area contributed by atoms with Gasteiger partial charge in [0.15, 0.2) is 0 Å². The maximum absolute atomic E-state index is 11.9. The first-order valence-corrected chi connectivity index (χ1v) is 7.03. The van der Waals surface area contributed by atoms with E-state index in [4.69, 9.17) is 6.42 Å². The van der Waals surface area contributed by atoms with Crippen molar-refractivity contribution in [1.29, 1.82) is 0 Å². The van der Waals surface area contributed by atoms with Crippen molar-refractivity contribution in [1.82, 2.24) is 15.5 Å². The molecule has 0 unspecified atom stereocenters. The summed E-state index contributed by atoms with van der Waals surface area (Å²) < 4.78 is 0. The fourth-order valence-corrected chi connectivity index (χ4v) is 2.42. The van der Waals surface area contributed by atoms with Crippen molar-refractivity contribution in [2.45, 2.75) is 25.4 Å². The number of urea groups is 1. The van der Waals surface area contributed by atoms with Gasteiger partial charge in [-0.1, -0.05) is 36.3 Å². The highest BCUT2D eigenvalue weighted by Crippen LogP contribution is 2.11. The van der Waals surface area contributed by atoms with Gasteiger partial charge in [-0.25, -0.2) is 4.79 Å². The van der Waals surface area contributed by atoms with Crippen LogP contribution in [-0.4, -0.2) is 36.6 Å². The molecule has 2 rings (SSSR count). The molecule has 0 saturated carbocycles. The van der Waals surface area contributed by atoms with E-state index >= 15 is 0 Å². The standard InChI is InChI=1S/C16H21N3O/c1-2-10-17-16(20)19-11-6-9-15(13-19)18-12-14-7-4-3-5-8-14/h1,3-5,7-8,15,18H,6,9-13H2,(H,17,20)/t15-/m0/s1. The Morgan fingerprint density at radius 2 is 2.20 bits per heavy atom. The van der Waals surface area contributed by atoms with Crippen LogP contribution in [0.3, 0.4) is 0 Å². The van der Waals surface area contributed by atoms with Gasteiger partial charge in [0.05, 0.1) is 6.54 Å². The van der Waals surface area contributed by atoms with Crippen molar-refractivity contribution in [3.05, 3.63) is 35.9 Å². The molecule has 1 atom stereocenters. The highest BCUT2D eigenvalue weighted by Gasteiger charge is 2.22. The summed E-state index contributed by atoms with van der Waals surface area (Å²) in [5, 5.41) is 6.24. The number of terminal acetylenes is 1. The number of piperidine rings is 1. The van der Waals surface area contributed by atoms with Crippen molar-refractivity contribution in [3.63, 3.8) is 0 Å². The Balaban J connectivity index is 1.78. The largest absolute Gasteiger partial charge is 0.327 e. The fourth-order valence-electron chi connectivity index (χ4n) is 2.42. The number of hydrogen-bond acceptors (Lipinski definition) is 2. The minimum absolute atomic E-state index is 0.0610. The van der Waals surface area contributed by atoms with Crippen molar-refractivity contribution in [2.24, 2.45) is 0 Å². The lowest BCUT2D eigenvalue weighted by atomic mass is 10.1. The molecule has 1 fully saturated rings. The van der Waals surface area contributed by atoms with Crippen molar-refractivity contribution >= 4 is 6.03 Å². The van der Waals surface area contributed by atoms with Gasteiger partial charge in [0.1, 0.15) is 0 Å². The first-order chi connectivity index (χ1) is 9.79. The number of nitrogens with zero attached hydrogens (tertiary/aromatic N) is 1. The van der Waals surface area contributed by atoms with Gasteiger partial charge in [-0.3, -0.25) is 0 Å². The van der Waals surface area contributed by atoms with Crippen LogP contribution in [0.25, 0.3) is 0 Å². The van der Waals surface area contributed by atoms with Crippen LogP contribution in [0.2, 0.25) is 0 Å². The Kier molecular flexibility index (Phi) is 5.45. The number of nitrogens with one attached hydrogen (secondary N) is 2. The van der Waals surface area contributed by atoms with E-state index in [9.17, 15) is 4.79 Å². The summed E-state index contributed by atoms with van der Waals surface area (Å²) >= 11 is 0. The predicted octanol–water partition coefficient (Wildman–Crippen LogP) is 1.58. The van der Waals surface area contributed by atoms with Crippen molar-refractivity contribution < 1.29 is 4.79 Å². The fraction of sp³-hybridized carbons (Fsp3) is 0.438.